The summed E-state index contributed by atoms with van der Waals surface area (Å²) < 4.78 is 0. The predicted octanol–water partition coefficient (Wildman–Crippen LogP) is 1.76. The Balaban J connectivity index is 1.02. The Morgan fingerprint density at radius 3 is 2.20 bits per heavy atom. The zero-order chi connectivity index (χ0) is 27.8. The van der Waals surface area contributed by atoms with Gasteiger partial charge in [-0.3, -0.25) is 39.1 Å². The summed E-state index contributed by atoms with van der Waals surface area (Å²) in [6.45, 7) is 5.96. The van der Waals surface area contributed by atoms with Gasteiger partial charge in [0.25, 0.3) is 17.7 Å². The van der Waals surface area contributed by atoms with Crippen LogP contribution in [0.2, 0.25) is 0 Å². The van der Waals surface area contributed by atoms with Crippen molar-refractivity contribution in [1.82, 2.24) is 20.0 Å². The Hall–Kier alpha value is -4.05. The third kappa shape index (κ3) is 4.99. The molecule has 0 bridgehead atoms. The van der Waals surface area contributed by atoms with Gasteiger partial charge in [-0.15, -0.1) is 0 Å². The highest BCUT2D eigenvalue weighted by molar-refractivity contribution is 6.23. The van der Waals surface area contributed by atoms with Crippen molar-refractivity contribution in [3.63, 3.8) is 0 Å². The molecule has 3 fully saturated rings. The number of piperidine rings is 2. The van der Waals surface area contributed by atoms with Crippen LogP contribution in [0, 0.1) is 5.92 Å². The molecule has 4 aliphatic rings. The van der Waals surface area contributed by atoms with Gasteiger partial charge in [0, 0.05) is 63.5 Å². The van der Waals surface area contributed by atoms with Crippen LogP contribution in [0.1, 0.15) is 56.8 Å². The van der Waals surface area contributed by atoms with E-state index in [4.69, 9.17) is 0 Å². The zero-order valence-corrected chi connectivity index (χ0v) is 22.4. The number of carbonyl (C=O) groups is 5. The van der Waals surface area contributed by atoms with Gasteiger partial charge in [0.2, 0.25) is 11.8 Å². The summed E-state index contributed by atoms with van der Waals surface area (Å²) in [7, 11) is 0. The molecule has 40 heavy (non-hydrogen) atoms. The van der Waals surface area contributed by atoms with Gasteiger partial charge >= 0.3 is 0 Å². The molecule has 4 aliphatic heterocycles. The summed E-state index contributed by atoms with van der Waals surface area (Å²) in [5.74, 6) is -1.28. The maximum Gasteiger partial charge on any atom is 0.262 e. The molecule has 2 aromatic carbocycles. The summed E-state index contributed by atoms with van der Waals surface area (Å²) in [6.07, 6.45) is 2.30. The van der Waals surface area contributed by atoms with E-state index in [-0.39, 0.29) is 24.7 Å². The minimum Gasteiger partial charge on any atom is -0.371 e. The van der Waals surface area contributed by atoms with E-state index < -0.39 is 23.8 Å². The van der Waals surface area contributed by atoms with E-state index in [0.717, 1.165) is 74.8 Å². The number of carbonyl (C=O) groups excluding carboxylic acids is 5. The first-order chi connectivity index (χ1) is 19.4. The first-order valence-corrected chi connectivity index (χ1v) is 14.1. The van der Waals surface area contributed by atoms with Gasteiger partial charge in [-0.25, -0.2) is 0 Å². The molecule has 0 spiro atoms. The lowest BCUT2D eigenvalue weighted by Crippen LogP contribution is -2.54. The monoisotopic (exact) mass is 543 g/mol. The normalized spacial score (nSPS) is 22.5. The number of rotatable bonds is 5. The average molecular weight is 544 g/mol. The summed E-state index contributed by atoms with van der Waals surface area (Å²) in [5.41, 5.74) is 2.26. The third-order valence-electron chi connectivity index (χ3n) is 8.60. The molecule has 0 aliphatic carbocycles. The lowest BCUT2D eigenvalue weighted by Gasteiger charge is -2.39. The van der Waals surface area contributed by atoms with Crippen LogP contribution >= 0.6 is 0 Å². The molecule has 4 heterocycles. The molecule has 10 heteroatoms. The Bertz CT molecular complexity index is 1350. The van der Waals surface area contributed by atoms with Crippen molar-refractivity contribution in [2.45, 2.75) is 31.7 Å². The Kier molecular flexibility index (Phi) is 7.10. The quantitative estimate of drug-likeness (QED) is 0.573. The molecule has 0 aromatic heterocycles. The molecule has 10 nitrogen and oxygen atoms in total. The van der Waals surface area contributed by atoms with Crippen molar-refractivity contribution < 1.29 is 24.0 Å². The summed E-state index contributed by atoms with van der Waals surface area (Å²) in [4.78, 5) is 70.4. The van der Waals surface area contributed by atoms with E-state index >= 15 is 0 Å². The van der Waals surface area contributed by atoms with E-state index in [0.29, 0.717) is 17.0 Å². The number of fused-ring (bicyclic) bond motifs is 1. The molecule has 1 N–H and O–H groups in total. The topological polar surface area (TPSA) is 110 Å². The van der Waals surface area contributed by atoms with Crippen LogP contribution in [0.15, 0.2) is 48.5 Å². The lowest BCUT2D eigenvalue weighted by atomic mass is 9.95. The summed E-state index contributed by atoms with van der Waals surface area (Å²) in [5, 5.41) is 2.23. The van der Waals surface area contributed by atoms with E-state index in [2.05, 4.69) is 15.1 Å². The van der Waals surface area contributed by atoms with Crippen LogP contribution in [0.3, 0.4) is 0 Å². The van der Waals surface area contributed by atoms with E-state index in [1.807, 2.05) is 41.3 Å². The first kappa shape index (κ1) is 26.2. The van der Waals surface area contributed by atoms with Crippen molar-refractivity contribution in [2.75, 3.05) is 50.7 Å². The van der Waals surface area contributed by atoms with Gasteiger partial charge in [0.15, 0.2) is 0 Å². The fourth-order valence-electron chi connectivity index (χ4n) is 6.29. The number of imide groups is 2. The SMILES string of the molecule is O=C1CCC(N2C(=O)c3ccc(N4CCC(CN5CCN(C(=O)c6ccccc6)CC5)CC4)cc3C2=O)C(=O)N1. The van der Waals surface area contributed by atoms with Crippen LogP contribution in [-0.2, 0) is 9.59 Å². The number of anilines is 1. The second kappa shape index (κ2) is 10.8. The number of nitrogens with zero attached hydrogens (tertiary/aromatic N) is 4. The van der Waals surface area contributed by atoms with Gasteiger partial charge in [0.1, 0.15) is 6.04 Å². The predicted molar refractivity (Wildman–Crippen MR) is 147 cm³/mol. The highest BCUT2D eigenvalue weighted by Gasteiger charge is 2.44. The van der Waals surface area contributed by atoms with Crippen molar-refractivity contribution in [3.8, 4) is 0 Å². The van der Waals surface area contributed by atoms with Gasteiger partial charge in [-0.2, -0.15) is 0 Å². The molecule has 0 radical (unpaired) electrons. The molecule has 6 rings (SSSR count). The minimum atomic E-state index is -0.956. The van der Waals surface area contributed by atoms with Crippen molar-refractivity contribution in [2.24, 2.45) is 5.92 Å². The van der Waals surface area contributed by atoms with Crippen LogP contribution in [-0.4, -0.2) is 96.1 Å². The number of benzene rings is 2. The summed E-state index contributed by atoms with van der Waals surface area (Å²) in [6, 6.07) is 13.8. The highest BCUT2D eigenvalue weighted by Crippen LogP contribution is 2.32. The smallest absolute Gasteiger partial charge is 0.262 e. The fourth-order valence-corrected chi connectivity index (χ4v) is 6.29. The van der Waals surface area contributed by atoms with Crippen LogP contribution in [0.4, 0.5) is 5.69 Å². The fraction of sp³-hybridized carbons (Fsp3) is 0.433. The number of piperazine rings is 1. The minimum absolute atomic E-state index is 0.100. The van der Waals surface area contributed by atoms with E-state index in [9.17, 15) is 24.0 Å². The largest absolute Gasteiger partial charge is 0.371 e. The molecular formula is C30H33N5O5. The van der Waals surface area contributed by atoms with Crippen LogP contribution in [0.25, 0.3) is 0 Å². The standard InChI is InChI=1S/C30H33N5O5/c36-26-9-8-25(27(37)31-26)35-29(39)23-7-6-22(18-24(23)30(35)40)33-12-10-20(11-13-33)19-32-14-16-34(17-15-32)28(38)21-4-2-1-3-5-21/h1-7,18,20,25H,8-17,19H2,(H,31,36,37). The second-order valence-electron chi connectivity index (χ2n) is 11.1. The summed E-state index contributed by atoms with van der Waals surface area (Å²) >= 11 is 0. The Morgan fingerprint density at radius 1 is 0.800 bits per heavy atom. The molecule has 0 saturated carbocycles. The first-order valence-electron chi connectivity index (χ1n) is 14.1. The maximum absolute atomic E-state index is 13.2. The Labute approximate surface area is 232 Å². The number of nitrogens with one attached hydrogen (secondary N) is 1. The zero-order valence-electron chi connectivity index (χ0n) is 22.4. The van der Waals surface area contributed by atoms with Crippen molar-refractivity contribution >= 4 is 35.2 Å². The molecule has 1 atom stereocenters. The Morgan fingerprint density at radius 2 is 1.50 bits per heavy atom. The van der Waals surface area contributed by atoms with Crippen LogP contribution in [0.5, 0.6) is 0 Å². The third-order valence-corrected chi connectivity index (χ3v) is 8.60. The molecule has 1 unspecified atom stereocenters. The maximum atomic E-state index is 13.2. The number of hydrogen-bond donors (Lipinski definition) is 1. The number of hydrogen-bond acceptors (Lipinski definition) is 7. The van der Waals surface area contributed by atoms with Gasteiger partial charge in [-0.05, 0) is 55.5 Å². The van der Waals surface area contributed by atoms with Gasteiger partial charge < -0.3 is 9.80 Å². The highest BCUT2D eigenvalue weighted by atomic mass is 16.2. The molecule has 208 valence electrons. The molecule has 2 aromatic rings. The van der Waals surface area contributed by atoms with Gasteiger partial charge in [0.05, 0.1) is 11.1 Å². The van der Waals surface area contributed by atoms with E-state index in [1.165, 1.54) is 0 Å². The van der Waals surface area contributed by atoms with E-state index in [1.54, 1.807) is 12.1 Å². The lowest BCUT2D eigenvalue weighted by molar-refractivity contribution is -0.136. The van der Waals surface area contributed by atoms with Crippen molar-refractivity contribution in [1.29, 1.82) is 0 Å². The molecular weight excluding hydrogens is 510 g/mol. The average Bonchev–Trinajstić information content (AvgIpc) is 3.23. The van der Waals surface area contributed by atoms with Crippen molar-refractivity contribution in [3.05, 3.63) is 65.2 Å². The van der Waals surface area contributed by atoms with Crippen LogP contribution < -0.4 is 10.2 Å². The number of amides is 5. The molecule has 3 saturated heterocycles. The van der Waals surface area contributed by atoms with Gasteiger partial charge in [-0.1, -0.05) is 18.2 Å². The molecule has 5 amide bonds. The second-order valence-corrected chi connectivity index (χ2v) is 11.1.